The number of nitrogens with zero attached hydrogens (tertiary/aromatic N) is 1. The molecule has 2 amide bonds. The molecule has 0 spiro atoms. The average molecular weight is 351 g/mol. The summed E-state index contributed by atoms with van der Waals surface area (Å²) < 4.78 is 9.85. The first-order valence-electron chi connectivity index (χ1n) is 7.20. The van der Waals surface area contributed by atoms with E-state index in [4.69, 9.17) is 9.47 Å². The third-order valence-corrected chi connectivity index (χ3v) is 4.26. The molecule has 1 heterocycles. The molecule has 8 heteroatoms. The van der Waals surface area contributed by atoms with Crippen molar-refractivity contribution in [2.45, 2.75) is 19.9 Å². The lowest BCUT2D eigenvalue weighted by Crippen LogP contribution is -2.42. The average Bonchev–Trinajstić information content (AvgIpc) is 2.83. The molecule has 0 unspecified atom stereocenters. The molecule has 0 aliphatic carbocycles. The van der Waals surface area contributed by atoms with E-state index in [2.05, 4.69) is 0 Å². The molecule has 0 bridgehead atoms. The number of imide groups is 1. The number of carbonyl (C=O) groups is 3. The van der Waals surface area contributed by atoms with Gasteiger partial charge in [0, 0.05) is 5.56 Å². The van der Waals surface area contributed by atoms with E-state index in [1.807, 2.05) is 0 Å². The lowest BCUT2D eigenvalue weighted by atomic mass is 10.1. The minimum atomic E-state index is -1.01. The van der Waals surface area contributed by atoms with Crippen molar-refractivity contribution in [3.05, 3.63) is 28.7 Å². The lowest BCUT2D eigenvalue weighted by molar-refractivity contribution is -0.150. The van der Waals surface area contributed by atoms with Crippen molar-refractivity contribution in [3.63, 3.8) is 0 Å². The number of benzene rings is 1. The second-order valence-electron chi connectivity index (χ2n) is 4.88. The van der Waals surface area contributed by atoms with Crippen LogP contribution in [0, 0.1) is 0 Å². The molecule has 1 N–H and O–H groups in total. The van der Waals surface area contributed by atoms with Crippen LogP contribution in [-0.2, 0) is 14.3 Å². The first-order valence-corrected chi connectivity index (χ1v) is 8.02. The Kier molecular flexibility index (Phi) is 5.50. The van der Waals surface area contributed by atoms with E-state index in [0.29, 0.717) is 17.3 Å². The van der Waals surface area contributed by atoms with Crippen LogP contribution >= 0.6 is 11.8 Å². The molecule has 1 aliphatic heterocycles. The van der Waals surface area contributed by atoms with Gasteiger partial charge in [0.05, 0.1) is 18.6 Å². The Morgan fingerprint density at radius 2 is 2.12 bits per heavy atom. The number of hydrogen-bond donors (Lipinski definition) is 1. The molecule has 0 aromatic heterocycles. The maximum atomic E-state index is 12.4. The van der Waals surface area contributed by atoms with Crippen LogP contribution in [0.25, 0.3) is 6.08 Å². The van der Waals surface area contributed by atoms with Crippen molar-refractivity contribution in [2.24, 2.45) is 0 Å². The summed E-state index contributed by atoms with van der Waals surface area (Å²) in [4.78, 5) is 37.2. The zero-order chi connectivity index (χ0) is 17.9. The molecule has 1 atom stereocenters. The first-order chi connectivity index (χ1) is 11.4. The molecule has 1 aromatic carbocycles. The molecule has 7 nitrogen and oxygen atoms in total. The van der Waals surface area contributed by atoms with E-state index in [-0.39, 0.29) is 23.0 Å². The molecule has 0 saturated carbocycles. The Morgan fingerprint density at radius 3 is 2.75 bits per heavy atom. The van der Waals surface area contributed by atoms with Crippen LogP contribution in [-0.4, -0.2) is 46.9 Å². The van der Waals surface area contributed by atoms with E-state index in [1.165, 1.54) is 20.1 Å². The maximum absolute atomic E-state index is 12.4. The van der Waals surface area contributed by atoms with Crippen LogP contribution in [0.1, 0.15) is 19.4 Å². The van der Waals surface area contributed by atoms with Gasteiger partial charge < -0.3 is 14.6 Å². The fourth-order valence-electron chi connectivity index (χ4n) is 2.14. The maximum Gasteiger partial charge on any atom is 0.329 e. The number of hydrogen-bond acceptors (Lipinski definition) is 7. The highest BCUT2D eigenvalue weighted by molar-refractivity contribution is 8.18. The predicted octanol–water partition coefficient (Wildman–Crippen LogP) is 2.39. The summed E-state index contributed by atoms with van der Waals surface area (Å²) >= 11 is 0.701. The number of carbonyl (C=O) groups excluding carboxylic acids is 3. The third-order valence-electron chi connectivity index (χ3n) is 3.38. The predicted molar refractivity (Wildman–Crippen MR) is 88.6 cm³/mol. The zero-order valence-corrected chi connectivity index (χ0v) is 14.3. The van der Waals surface area contributed by atoms with Crippen LogP contribution < -0.4 is 4.74 Å². The summed E-state index contributed by atoms with van der Waals surface area (Å²) in [6.07, 6.45) is 1.39. The number of esters is 1. The van der Waals surface area contributed by atoms with E-state index >= 15 is 0 Å². The van der Waals surface area contributed by atoms with Crippen molar-refractivity contribution in [1.29, 1.82) is 0 Å². The normalized spacial score (nSPS) is 17.3. The molecule has 1 aromatic rings. The van der Waals surface area contributed by atoms with Crippen molar-refractivity contribution >= 4 is 35.0 Å². The standard InChI is InChI=1S/C16H17NO6S/c1-4-23-15(20)9(2)17-14(19)12(24-16(17)21)8-10-6-5-7-11(22-3)13(10)18/h5-9,18H,4H2,1-3H3/b12-8-/t9-/m1/s1. The number of amides is 2. The third kappa shape index (κ3) is 3.38. The Hall–Kier alpha value is -2.48. The summed E-state index contributed by atoms with van der Waals surface area (Å²) in [6.45, 7) is 3.23. The SMILES string of the molecule is CCOC(=O)[C@@H](C)N1C(=O)S/C(=C\c2cccc(OC)c2O)C1=O. The summed E-state index contributed by atoms with van der Waals surface area (Å²) in [5, 5.41) is 9.51. The summed E-state index contributed by atoms with van der Waals surface area (Å²) in [6, 6.07) is 3.79. The second-order valence-corrected chi connectivity index (χ2v) is 5.87. The first kappa shape index (κ1) is 17.9. The Labute approximate surface area is 143 Å². The highest BCUT2D eigenvalue weighted by Crippen LogP contribution is 2.37. The fourth-order valence-corrected chi connectivity index (χ4v) is 3.04. The van der Waals surface area contributed by atoms with Gasteiger partial charge in [-0.1, -0.05) is 12.1 Å². The summed E-state index contributed by atoms with van der Waals surface area (Å²) in [5.41, 5.74) is 0.337. The van der Waals surface area contributed by atoms with Gasteiger partial charge in [0.25, 0.3) is 11.1 Å². The van der Waals surface area contributed by atoms with Gasteiger partial charge in [-0.25, -0.2) is 4.79 Å². The molecule has 0 radical (unpaired) electrons. The Bertz CT molecular complexity index is 715. The molecule has 128 valence electrons. The Balaban J connectivity index is 2.30. The molecule has 1 aliphatic rings. The Morgan fingerprint density at radius 1 is 1.42 bits per heavy atom. The van der Waals surface area contributed by atoms with Crippen LogP contribution in [0.3, 0.4) is 0 Å². The van der Waals surface area contributed by atoms with Crippen molar-refractivity contribution in [3.8, 4) is 11.5 Å². The van der Waals surface area contributed by atoms with Gasteiger partial charge in [-0.3, -0.25) is 14.5 Å². The minimum Gasteiger partial charge on any atom is -0.504 e. The van der Waals surface area contributed by atoms with Gasteiger partial charge in [0.15, 0.2) is 11.5 Å². The number of para-hydroxylation sites is 1. The smallest absolute Gasteiger partial charge is 0.329 e. The van der Waals surface area contributed by atoms with Crippen LogP contribution in [0.15, 0.2) is 23.1 Å². The fraction of sp³-hybridized carbons (Fsp3) is 0.312. The highest BCUT2D eigenvalue weighted by Gasteiger charge is 2.41. The monoisotopic (exact) mass is 351 g/mol. The zero-order valence-electron chi connectivity index (χ0n) is 13.4. The molecule has 2 rings (SSSR count). The van der Waals surface area contributed by atoms with E-state index in [0.717, 1.165) is 4.90 Å². The number of phenols is 1. The molecular weight excluding hydrogens is 334 g/mol. The quantitative estimate of drug-likeness (QED) is 0.643. The number of ether oxygens (including phenoxy) is 2. The summed E-state index contributed by atoms with van der Waals surface area (Å²) in [7, 11) is 1.41. The summed E-state index contributed by atoms with van der Waals surface area (Å²) in [5.74, 6) is -1.13. The van der Waals surface area contributed by atoms with Crippen molar-refractivity contribution in [1.82, 2.24) is 4.90 Å². The van der Waals surface area contributed by atoms with Gasteiger partial charge in [-0.15, -0.1) is 0 Å². The van der Waals surface area contributed by atoms with Crippen LogP contribution in [0.5, 0.6) is 11.5 Å². The topological polar surface area (TPSA) is 93.1 Å². The van der Waals surface area contributed by atoms with Crippen molar-refractivity contribution in [2.75, 3.05) is 13.7 Å². The largest absolute Gasteiger partial charge is 0.504 e. The highest BCUT2D eigenvalue weighted by atomic mass is 32.2. The van der Waals surface area contributed by atoms with Gasteiger partial charge in [-0.05, 0) is 37.8 Å². The number of thioether (sulfide) groups is 1. The molecule has 1 saturated heterocycles. The van der Waals surface area contributed by atoms with E-state index < -0.39 is 23.2 Å². The molecular formula is C16H17NO6S. The van der Waals surface area contributed by atoms with E-state index in [1.54, 1.807) is 25.1 Å². The molecule has 1 fully saturated rings. The van der Waals surface area contributed by atoms with Gasteiger partial charge >= 0.3 is 5.97 Å². The van der Waals surface area contributed by atoms with Gasteiger partial charge in [-0.2, -0.15) is 0 Å². The number of aromatic hydroxyl groups is 1. The second kappa shape index (κ2) is 7.39. The number of rotatable bonds is 5. The van der Waals surface area contributed by atoms with Crippen LogP contribution in [0.2, 0.25) is 0 Å². The van der Waals surface area contributed by atoms with Crippen LogP contribution in [0.4, 0.5) is 4.79 Å². The van der Waals surface area contributed by atoms with Gasteiger partial charge in [0.1, 0.15) is 6.04 Å². The molecule has 24 heavy (non-hydrogen) atoms. The number of methoxy groups -OCH3 is 1. The van der Waals surface area contributed by atoms with Gasteiger partial charge in [0.2, 0.25) is 0 Å². The number of phenolic OH excluding ortho intramolecular Hbond substituents is 1. The van der Waals surface area contributed by atoms with E-state index in [9.17, 15) is 19.5 Å². The minimum absolute atomic E-state index is 0.111. The van der Waals surface area contributed by atoms with Crippen molar-refractivity contribution < 1.29 is 29.0 Å². The lowest BCUT2D eigenvalue weighted by Gasteiger charge is -2.19.